The molecule has 0 spiro atoms. The summed E-state index contributed by atoms with van der Waals surface area (Å²) in [6.07, 6.45) is 15.7. The predicted octanol–water partition coefficient (Wildman–Crippen LogP) is 6.35. The van der Waals surface area contributed by atoms with Gasteiger partial charge in [-0.15, -0.1) is 0 Å². The molecule has 0 radical (unpaired) electrons. The van der Waals surface area contributed by atoms with Crippen LogP contribution in [-0.4, -0.2) is 85.2 Å². The monoisotopic (exact) mass is 549 g/mol. The van der Waals surface area contributed by atoms with Gasteiger partial charge in [0.1, 0.15) is 12.4 Å². The molecule has 1 saturated heterocycles. The summed E-state index contributed by atoms with van der Waals surface area (Å²) in [4.78, 5) is 28.4. The average molecular weight is 550 g/mol. The molecule has 7 nitrogen and oxygen atoms in total. The topological polar surface area (TPSA) is 60.7 Å². The number of ether oxygens (including phenoxy) is 1. The standard InChI is InChI=1S/C31H45N5O2.C2H6/c1-4-19-35(30(37)17-10-5-6-11-25-38-29-15-8-7-9-16-29)20-18-27(2)26-33-31(32-3)36-23-21-34(22-24-36)28-13-12-14-28;1-2/h5-11,15-16,26,28H,3-4,12-14,17-25H2,1-2H3;1-2H3/b10-5-,11-6-,27-26+,33-31?;. The lowest BCUT2D eigenvalue weighted by atomic mass is 9.91. The fourth-order valence-electron chi connectivity index (χ4n) is 4.61. The van der Waals surface area contributed by atoms with E-state index in [-0.39, 0.29) is 5.91 Å². The average Bonchev–Trinajstić information content (AvgIpc) is 2.96. The number of carbonyl (C=O) groups is 1. The van der Waals surface area contributed by atoms with Crippen molar-refractivity contribution in [2.75, 3.05) is 45.9 Å². The zero-order valence-corrected chi connectivity index (χ0v) is 25.3. The molecule has 220 valence electrons. The fraction of sp³-hybridized carbons (Fsp3) is 0.545. The van der Waals surface area contributed by atoms with Gasteiger partial charge in [-0.1, -0.05) is 69.2 Å². The van der Waals surface area contributed by atoms with Gasteiger partial charge in [0, 0.05) is 57.9 Å². The zero-order chi connectivity index (χ0) is 29.0. The van der Waals surface area contributed by atoms with E-state index in [2.05, 4.69) is 40.3 Å². The Bertz CT molecular complexity index is 974. The van der Waals surface area contributed by atoms with Crippen LogP contribution in [-0.2, 0) is 4.79 Å². The first-order valence-corrected chi connectivity index (χ1v) is 15.1. The number of hydrogen-bond acceptors (Lipinski definition) is 4. The van der Waals surface area contributed by atoms with Crippen LogP contribution in [0, 0.1) is 0 Å². The Morgan fingerprint density at radius 2 is 1.77 bits per heavy atom. The number of hydrogen-bond donors (Lipinski definition) is 0. The van der Waals surface area contributed by atoms with E-state index in [1.54, 1.807) is 0 Å². The fourth-order valence-corrected chi connectivity index (χ4v) is 4.61. The zero-order valence-electron chi connectivity index (χ0n) is 25.3. The third kappa shape index (κ3) is 11.9. The summed E-state index contributed by atoms with van der Waals surface area (Å²) in [6, 6.07) is 10.5. The first-order chi connectivity index (χ1) is 19.6. The Kier molecular flexibility index (Phi) is 16.3. The molecule has 0 aromatic heterocycles. The van der Waals surface area contributed by atoms with Gasteiger partial charge in [0.15, 0.2) is 0 Å². The summed E-state index contributed by atoms with van der Waals surface area (Å²) >= 11 is 0. The predicted molar refractivity (Wildman–Crippen MR) is 169 cm³/mol. The van der Waals surface area contributed by atoms with Crippen molar-refractivity contribution in [3.8, 4) is 5.75 Å². The van der Waals surface area contributed by atoms with Gasteiger partial charge in [-0.2, -0.15) is 0 Å². The third-order valence-corrected chi connectivity index (χ3v) is 7.12. The largest absolute Gasteiger partial charge is 0.490 e. The maximum atomic E-state index is 12.8. The summed E-state index contributed by atoms with van der Waals surface area (Å²) in [5.74, 6) is 1.69. The molecule has 40 heavy (non-hydrogen) atoms. The smallest absolute Gasteiger partial charge is 0.226 e. The van der Waals surface area contributed by atoms with Gasteiger partial charge in [-0.3, -0.25) is 9.69 Å². The van der Waals surface area contributed by atoms with Gasteiger partial charge < -0.3 is 14.5 Å². The Hall–Kier alpha value is -3.19. The Balaban J connectivity index is 0.00000274. The van der Waals surface area contributed by atoms with Crippen molar-refractivity contribution < 1.29 is 9.53 Å². The summed E-state index contributed by atoms with van der Waals surface area (Å²) in [6.45, 7) is 17.9. The van der Waals surface area contributed by atoms with E-state index in [1.165, 1.54) is 19.3 Å². The Morgan fingerprint density at radius 3 is 2.40 bits per heavy atom. The van der Waals surface area contributed by atoms with E-state index in [0.29, 0.717) is 25.5 Å². The van der Waals surface area contributed by atoms with Crippen LogP contribution in [0.3, 0.4) is 0 Å². The van der Waals surface area contributed by atoms with Crippen LogP contribution in [0.25, 0.3) is 0 Å². The highest BCUT2D eigenvalue weighted by molar-refractivity contribution is 5.84. The molecule has 0 N–H and O–H groups in total. The van der Waals surface area contributed by atoms with Crippen LogP contribution in [0.1, 0.15) is 66.2 Å². The molecule has 2 aliphatic rings. The highest BCUT2D eigenvalue weighted by Crippen LogP contribution is 2.25. The van der Waals surface area contributed by atoms with Crippen molar-refractivity contribution in [1.29, 1.82) is 0 Å². The number of nitrogens with zero attached hydrogens (tertiary/aromatic N) is 5. The SMILES string of the molecule is C=NC(=N/C=C(\C)CCN(CCC)C(=O)C/C=C\C=C/COc1ccccc1)N1CCN(C2CCC2)CC1.CC. The van der Waals surface area contributed by atoms with Crippen molar-refractivity contribution in [2.45, 2.75) is 72.3 Å². The number of rotatable bonds is 13. The number of piperazine rings is 1. The quantitative estimate of drug-likeness (QED) is 0.163. The van der Waals surface area contributed by atoms with Crippen molar-refractivity contribution in [3.63, 3.8) is 0 Å². The number of carbonyl (C=O) groups excluding carboxylic acids is 1. The van der Waals surface area contributed by atoms with Crippen LogP contribution in [0.4, 0.5) is 0 Å². The van der Waals surface area contributed by atoms with Crippen LogP contribution < -0.4 is 4.74 Å². The molecule has 1 aromatic carbocycles. The van der Waals surface area contributed by atoms with Crippen LogP contribution in [0.15, 0.2) is 76.4 Å². The second-order valence-corrected chi connectivity index (χ2v) is 9.99. The molecule has 1 saturated carbocycles. The lowest BCUT2D eigenvalue weighted by Gasteiger charge is -2.43. The summed E-state index contributed by atoms with van der Waals surface area (Å²) in [5, 5.41) is 0. The van der Waals surface area contributed by atoms with Gasteiger partial charge in [0.2, 0.25) is 11.9 Å². The van der Waals surface area contributed by atoms with E-state index in [0.717, 1.165) is 62.9 Å². The molecule has 3 rings (SSSR count). The van der Waals surface area contributed by atoms with Crippen molar-refractivity contribution >= 4 is 18.6 Å². The second-order valence-electron chi connectivity index (χ2n) is 9.99. The summed E-state index contributed by atoms with van der Waals surface area (Å²) < 4.78 is 5.63. The highest BCUT2D eigenvalue weighted by Gasteiger charge is 2.28. The molecule has 2 fully saturated rings. The minimum absolute atomic E-state index is 0.145. The third-order valence-electron chi connectivity index (χ3n) is 7.12. The molecule has 0 atom stereocenters. The number of amides is 1. The molecule has 0 unspecified atom stereocenters. The lowest BCUT2D eigenvalue weighted by molar-refractivity contribution is -0.130. The van der Waals surface area contributed by atoms with E-state index in [1.807, 2.05) is 79.6 Å². The molecule has 1 aromatic rings. The van der Waals surface area contributed by atoms with E-state index in [4.69, 9.17) is 4.74 Å². The van der Waals surface area contributed by atoms with Crippen molar-refractivity contribution in [2.24, 2.45) is 9.98 Å². The highest BCUT2D eigenvalue weighted by atomic mass is 16.5. The van der Waals surface area contributed by atoms with E-state index in [9.17, 15) is 4.79 Å². The summed E-state index contributed by atoms with van der Waals surface area (Å²) in [7, 11) is 0. The number of benzene rings is 1. The van der Waals surface area contributed by atoms with Crippen LogP contribution >= 0.6 is 0 Å². The Labute approximate surface area is 243 Å². The van der Waals surface area contributed by atoms with Crippen LogP contribution in [0.2, 0.25) is 0 Å². The molecule has 1 heterocycles. The minimum atomic E-state index is 0.145. The maximum absolute atomic E-state index is 12.8. The molecule has 1 aliphatic heterocycles. The molecule has 1 aliphatic carbocycles. The van der Waals surface area contributed by atoms with E-state index < -0.39 is 0 Å². The summed E-state index contributed by atoms with van der Waals surface area (Å²) in [5.41, 5.74) is 1.13. The molecule has 0 bridgehead atoms. The Morgan fingerprint density at radius 1 is 1.07 bits per heavy atom. The molecule has 1 amide bonds. The van der Waals surface area contributed by atoms with Crippen molar-refractivity contribution in [1.82, 2.24) is 14.7 Å². The van der Waals surface area contributed by atoms with Crippen molar-refractivity contribution in [3.05, 3.63) is 66.4 Å². The maximum Gasteiger partial charge on any atom is 0.226 e. The number of para-hydroxylation sites is 1. The first kappa shape index (κ1) is 33.0. The number of allylic oxidation sites excluding steroid dienone is 2. The van der Waals surface area contributed by atoms with Crippen LogP contribution in [0.5, 0.6) is 5.75 Å². The number of guanidine groups is 1. The van der Waals surface area contributed by atoms with Gasteiger partial charge in [-0.05, 0) is 57.5 Å². The first-order valence-electron chi connectivity index (χ1n) is 15.1. The molecular formula is C33H51N5O2. The molecular weight excluding hydrogens is 498 g/mol. The lowest BCUT2D eigenvalue weighted by Crippen LogP contribution is -2.53. The van der Waals surface area contributed by atoms with Gasteiger partial charge in [-0.25, -0.2) is 9.98 Å². The van der Waals surface area contributed by atoms with E-state index >= 15 is 0 Å². The number of aliphatic imine (C=N–C) groups is 2. The second kappa shape index (κ2) is 19.8. The molecule has 7 heteroatoms. The van der Waals surface area contributed by atoms with Gasteiger partial charge >= 0.3 is 0 Å². The van der Waals surface area contributed by atoms with Gasteiger partial charge in [0.25, 0.3) is 0 Å². The normalized spacial score (nSPS) is 16.9. The minimum Gasteiger partial charge on any atom is -0.490 e. The van der Waals surface area contributed by atoms with Gasteiger partial charge in [0.05, 0.1) is 0 Å².